The van der Waals surface area contributed by atoms with Gasteiger partial charge in [0.1, 0.15) is 0 Å². The zero-order valence-corrected chi connectivity index (χ0v) is 30.3. The summed E-state index contributed by atoms with van der Waals surface area (Å²) >= 11 is 0. The Balaban J connectivity index is 1.15. The second-order valence-corrected chi connectivity index (χ2v) is 14.6. The van der Waals surface area contributed by atoms with Crippen molar-refractivity contribution in [3.63, 3.8) is 0 Å². The predicted molar refractivity (Wildman–Crippen MR) is 234 cm³/mol. The van der Waals surface area contributed by atoms with Crippen molar-refractivity contribution >= 4 is 76.1 Å². The van der Waals surface area contributed by atoms with Crippen LogP contribution in [0.15, 0.2) is 194 Å². The summed E-state index contributed by atoms with van der Waals surface area (Å²) in [4.78, 5) is 10.9. The normalized spacial score (nSPS) is 11.9. The van der Waals surface area contributed by atoms with Gasteiger partial charge in [-0.1, -0.05) is 133 Å². The molecule has 9 aromatic carbocycles. The Morgan fingerprint density at radius 2 is 0.839 bits per heavy atom. The second-order valence-electron chi connectivity index (χ2n) is 14.6. The summed E-state index contributed by atoms with van der Waals surface area (Å²) < 4.78 is 4.65. The van der Waals surface area contributed by atoms with Crippen molar-refractivity contribution in [2.75, 3.05) is 0 Å². The van der Waals surface area contributed by atoms with E-state index < -0.39 is 0 Å². The highest BCUT2D eigenvalue weighted by Crippen LogP contribution is 2.43. The van der Waals surface area contributed by atoms with Gasteiger partial charge in [-0.3, -0.25) is 4.57 Å². The summed E-state index contributed by atoms with van der Waals surface area (Å²) in [6, 6.07) is 69.6. The highest BCUT2D eigenvalue weighted by molar-refractivity contribution is 6.28. The molecule has 0 aliphatic heterocycles. The first-order chi connectivity index (χ1) is 27.8. The number of hydrogen-bond donors (Lipinski definition) is 0. The molecule has 4 nitrogen and oxygen atoms in total. The fourth-order valence-corrected chi connectivity index (χ4v) is 8.91. The SMILES string of the molecule is c1ccc(-n2c3ccccc3c3c4c5ccccc5n(-c5nc(-c6ccc7ccccc7c6)c6cc(-c7ccc8ccccc8c7)ccc6n5)c4ccc32)cc1. The van der Waals surface area contributed by atoms with Crippen LogP contribution in [0.2, 0.25) is 0 Å². The largest absolute Gasteiger partial charge is 0.309 e. The topological polar surface area (TPSA) is 35.6 Å². The molecule has 12 rings (SSSR count). The monoisotopic (exact) mass is 712 g/mol. The Morgan fingerprint density at radius 3 is 1.54 bits per heavy atom. The first-order valence-electron chi connectivity index (χ1n) is 19.1. The number of benzene rings is 9. The molecule has 0 unspecified atom stereocenters. The third-order valence-corrected chi connectivity index (χ3v) is 11.5. The maximum atomic E-state index is 5.55. The smallest absolute Gasteiger partial charge is 0.235 e. The number of nitrogens with zero attached hydrogens (tertiary/aromatic N) is 4. The Labute approximate surface area is 322 Å². The van der Waals surface area contributed by atoms with Crippen LogP contribution in [0.4, 0.5) is 0 Å². The second kappa shape index (κ2) is 12.0. The summed E-state index contributed by atoms with van der Waals surface area (Å²) in [5.74, 6) is 0.650. The molecule has 0 fully saturated rings. The maximum Gasteiger partial charge on any atom is 0.235 e. The highest BCUT2D eigenvalue weighted by Gasteiger charge is 2.22. The molecule has 0 N–H and O–H groups in total. The lowest BCUT2D eigenvalue weighted by Gasteiger charge is -2.14. The number of para-hydroxylation sites is 3. The van der Waals surface area contributed by atoms with Gasteiger partial charge in [0.05, 0.1) is 33.3 Å². The third kappa shape index (κ3) is 4.60. The molecule has 0 atom stereocenters. The Kier molecular flexibility index (Phi) is 6.60. The van der Waals surface area contributed by atoms with Crippen LogP contribution >= 0.6 is 0 Å². The molecule has 260 valence electrons. The van der Waals surface area contributed by atoms with Crippen LogP contribution in [0, 0.1) is 0 Å². The number of aromatic nitrogens is 4. The third-order valence-electron chi connectivity index (χ3n) is 11.5. The molecule has 3 heterocycles. The molecule has 0 spiro atoms. The molecule has 0 aliphatic carbocycles. The van der Waals surface area contributed by atoms with Gasteiger partial charge in [-0.05, 0) is 93.3 Å². The molecule has 12 aromatic rings. The molecular weight excluding hydrogens is 681 g/mol. The Hall–Kier alpha value is -7.56. The number of rotatable bonds is 4. The molecule has 3 aromatic heterocycles. The summed E-state index contributed by atoms with van der Waals surface area (Å²) in [6.07, 6.45) is 0. The van der Waals surface area contributed by atoms with Gasteiger partial charge in [0, 0.05) is 38.2 Å². The van der Waals surface area contributed by atoms with Crippen molar-refractivity contribution < 1.29 is 0 Å². The van der Waals surface area contributed by atoms with E-state index in [-0.39, 0.29) is 0 Å². The van der Waals surface area contributed by atoms with Crippen molar-refractivity contribution in [1.82, 2.24) is 19.1 Å². The van der Waals surface area contributed by atoms with Gasteiger partial charge in [-0.2, -0.15) is 0 Å². The minimum absolute atomic E-state index is 0.650. The van der Waals surface area contributed by atoms with Crippen LogP contribution in [-0.2, 0) is 0 Å². The van der Waals surface area contributed by atoms with Crippen molar-refractivity contribution in [1.29, 1.82) is 0 Å². The maximum absolute atomic E-state index is 5.55. The summed E-state index contributed by atoms with van der Waals surface area (Å²) in [7, 11) is 0. The van der Waals surface area contributed by atoms with E-state index in [9.17, 15) is 0 Å². The van der Waals surface area contributed by atoms with Gasteiger partial charge in [0.25, 0.3) is 0 Å². The van der Waals surface area contributed by atoms with E-state index in [1.54, 1.807) is 0 Å². The van der Waals surface area contributed by atoms with Crippen molar-refractivity contribution in [2.24, 2.45) is 0 Å². The van der Waals surface area contributed by atoms with Gasteiger partial charge in [0.2, 0.25) is 5.95 Å². The molecule has 0 saturated carbocycles. The van der Waals surface area contributed by atoms with Crippen LogP contribution in [0.25, 0.3) is 110 Å². The van der Waals surface area contributed by atoms with Crippen molar-refractivity contribution in [3.8, 4) is 34.0 Å². The van der Waals surface area contributed by atoms with E-state index in [1.165, 1.54) is 59.7 Å². The first-order valence-corrected chi connectivity index (χ1v) is 19.1. The van der Waals surface area contributed by atoms with E-state index in [2.05, 4.69) is 203 Å². The standard InChI is InChI=1S/C52H32N4/c1-2-16-40(17-3-1)55-45-20-10-8-18-41(45)49-47(55)28-29-48-50(49)42-19-9-11-21-46(42)56(48)52-53-44-27-26-38(37-24-22-33-12-4-6-14-35(33)30-37)32-43(44)51(54-52)39-25-23-34-13-5-7-15-36(34)31-39/h1-32H. The van der Waals surface area contributed by atoms with Gasteiger partial charge in [0.15, 0.2) is 0 Å². The fraction of sp³-hybridized carbons (Fsp3) is 0. The van der Waals surface area contributed by atoms with E-state index in [1.807, 2.05) is 0 Å². The van der Waals surface area contributed by atoms with Gasteiger partial charge in [-0.15, -0.1) is 0 Å². The van der Waals surface area contributed by atoms with Gasteiger partial charge >= 0.3 is 0 Å². The lowest BCUT2D eigenvalue weighted by molar-refractivity contribution is 1.01. The Morgan fingerprint density at radius 1 is 0.321 bits per heavy atom. The predicted octanol–water partition coefficient (Wildman–Crippen LogP) is 13.5. The summed E-state index contributed by atoms with van der Waals surface area (Å²) in [5, 5.41) is 10.7. The first kappa shape index (κ1) is 30.9. The lowest BCUT2D eigenvalue weighted by atomic mass is 9.97. The van der Waals surface area contributed by atoms with Crippen LogP contribution in [0.3, 0.4) is 0 Å². The minimum Gasteiger partial charge on any atom is -0.309 e. The zero-order chi connectivity index (χ0) is 36.7. The molecule has 4 heteroatoms. The van der Waals surface area contributed by atoms with Crippen LogP contribution < -0.4 is 0 Å². The number of hydrogen-bond acceptors (Lipinski definition) is 2. The average molecular weight is 713 g/mol. The summed E-state index contributed by atoms with van der Waals surface area (Å²) in [6.45, 7) is 0. The average Bonchev–Trinajstić information content (AvgIpc) is 3.79. The van der Waals surface area contributed by atoms with Crippen LogP contribution in [0.1, 0.15) is 0 Å². The van der Waals surface area contributed by atoms with E-state index in [0.29, 0.717) is 5.95 Å². The zero-order valence-electron chi connectivity index (χ0n) is 30.3. The lowest BCUT2D eigenvalue weighted by Crippen LogP contribution is -2.03. The fourth-order valence-electron chi connectivity index (χ4n) is 8.91. The van der Waals surface area contributed by atoms with E-state index in [4.69, 9.17) is 9.97 Å². The number of fused-ring (bicyclic) bond motifs is 10. The summed E-state index contributed by atoms with van der Waals surface area (Å²) in [5.41, 5.74) is 10.8. The van der Waals surface area contributed by atoms with Crippen molar-refractivity contribution in [3.05, 3.63) is 194 Å². The van der Waals surface area contributed by atoms with Gasteiger partial charge < -0.3 is 4.57 Å². The van der Waals surface area contributed by atoms with Gasteiger partial charge in [-0.25, -0.2) is 9.97 Å². The quantitative estimate of drug-likeness (QED) is 0.182. The minimum atomic E-state index is 0.650. The molecule has 0 saturated heterocycles. The Bertz CT molecular complexity index is 3540. The molecule has 56 heavy (non-hydrogen) atoms. The van der Waals surface area contributed by atoms with E-state index in [0.717, 1.165) is 44.4 Å². The van der Waals surface area contributed by atoms with Crippen LogP contribution in [-0.4, -0.2) is 19.1 Å². The van der Waals surface area contributed by atoms with Crippen molar-refractivity contribution in [2.45, 2.75) is 0 Å². The molecule has 0 bridgehead atoms. The van der Waals surface area contributed by atoms with E-state index >= 15 is 0 Å². The molecule has 0 aliphatic rings. The highest BCUT2D eigenvalue weighted by atomic mass is 15.2. The molecule has 0 amide bonds. The van der Waals surface area contributed by atoms with Crippen LogP contribution in [0.5, 0.6) is 0 Å². The molecule has 0 radical (unpaired) electrons. The molecular formula is C52H32N4.